The standard InChI is InChI=1S/C13H12FN3O4/c1-5-12(20)16-10(18)4-17(5)9-3-8-6(2-7(9)14)11(19)13(21)15-8/h2-3,5,11,19H,4H2,1H3,(H,15,21)(H,16,18,20). The van der Waals surface area contributed by atoms with Gasteiger partial charge in [0.25, 0.3) is 5.91 Å². The molecule has 3 amide bonds. The Hall–Kier alpha value is -2.48. The molecule has 0 aromatic heterocycles. The van der Waals surface area contributed by atoms with Crippen LogP contribution in [0.5, 0.6) is 0 Å². The smallest absolute Gasteiger partial charge is 0.257 e. The number of hydrogen-bond acceptors (Lipinski definition) is 5. The molecule has 1 aromatic carbocycles. The van der Waals surface area contributed by atoms with Gasteiger partial charge in [0, 0.05) is 11.3 Å². The number of piperazine rings is 1. The maximum atomic E-state index is 14.2. The molecule has 1 saturated heterocycles. The molecule has 0 saturated carbocycles. The molecule has 3 rings (SSSR count). The van der Waals surface area contributed by atoms with Gasteiger partial charge in [-0.05, 0) is 19.1 Å². The lowest BCUT2D eigenvalue weighted by Gasteiger charge is -2.33. The summed E-state index contributed by atoms with van der Waals surface area (Å²) in [5, 5.41) is 14.2. The van der Waals surface area contributed by atoms with Crippen LogP contribution in [0.1, 0.15) is 18.6 Å². The molecule has 21 heavy (non-hydrogen) atoms. The first kappa shape index (κ1) is 13.5. The van der Waals surface area contributed by atoms with Crippen molar-refractivity contribution in [1.29, 1.82) is 0 Å². The zero-order valence-corrected chi connectivity index (χ0v) is 11.0. The third kappa shape index (κ3) is 2.04. The number of nitrogens with zero attached hydrogens (tertiary/aromatic N) is 1. The molecule has 0 spiro atoms. The van der Waals surface area contributed by atoms with Gasteiger partial charge in [-0.25, -0.2) is 4.39 Å². The molecule has 2 atom stereocenters. The predicted molar refractivity (Wildman–Crippen MR) is 69.9 cm³/mol. The molecule has 1 aromatic rings. The summed E-state index contributed by atoms with van der Waals surface area (Å²) in [5.74, 6) is -2.39. The molecule has 7 nitrogen and oxygen atoms in total. The van der Waals surface area contributed by atoms with Crippen molar-refractivity contribution >= 4 is 29.1 Å². The van der Waals surface area contributed by atoms with Crippen molar-refractivity contribution in [3.05, 3.63) is 23.5 Å². The third-order valence-electron chi connectivity index (χ3n) is 3.65. The summed E-state index contributed by atoms with van der Waals surface area (Å²) in [7, 11) is 0. The monoisotopic (exact) mass is 293 g/mol. The summed E-state index contributed by atoms with van der Waals surface area (Å²) >= 11 is 0. The van der Waals surface area contributed by atoms with E-state index in [0.29, 0.717) is 0 Å². The van der Waals surface area contributed by atoms with Crippen LogP contribution in [0.25, 0.3) is 0 Å². The molecular weight excluding hydrogens is 281 g/mol. The van der Waals surface area contributed by atoms with Gasteiger partial charge < -0.3 is 15.3 Å². The molecule has 2 unspecified atom stereocenters. The number of carbonyl (C=O) groups is 3. The number of aliphatic hydroxyl groups is 1. The molecule has 3 N–H and O–H groups in total. The molecular formula is C13H12FN3O4. The van der Waals surface area contributed by atoms with E-state index in [-0.39, 0.29) is 23.5 Å². The van der Waals surface area contributed by atoms with E-state index in [9.17, 15) is 23.9 Å². The topological polar surface area (TPSA) is 98.7 Å². The molecule has 8 heteroatoms. The normalized spacial score (nSPS) is 24.7. The number of carbonyl (C=O) groups excluding carboxylic acids is 3. The summed E-state index contributed by atoms with van der Waals surface area (Å²) in [4.78, 5) is 35.8. The highest BCUT2D eigenvalue weighted by Gasteiger charge is 2.35. The predicted octanol–water partition coefficient (Wildman–Crippen LogP) is -0.338. The van der Waals surface area contributed by atoms with E-state index in [1.165, 1.54) is 11.0 Å². The largest absolute Gasteiger partial charge is 0.378 e. The highest BCUT2D eigenvalue weighted by atomic mass is 19.1. The number of nitrogens with one attached hydrogen (secondary N) is 2. The molecule has 0 bridgehead atoms. The van der Waals surface area contributed by atoms with Crippen molar-refractivity contribution in [2.75, 3.05) is 16.8 Å². The van der Waals surface area contributed by atoms with E-state index in [1.807, 2.05) is 0 Å². The Labute approximate surface area is 118 Å². The van der Waals surface area contributed by atoms with Crippen LogP contribution in [0.3, 0.4) is 0 Å². The summed E-state index contributed by atoms with van der Waals surface area (Å²) in [6.07, 6.45) is -1.41. The first-order valence-corrected chi connectivity index (χ1v) is 6.31. The van der Waals surface area contributed by atoms with Gasteiger partial charge in [-0.2, -0.15) is 0 Å². The summed E-state index contributed by atoms with van der Waals surface area (Å²) in [5.41, 5.74) is 0.440. The van der Waals surface area contributed by atoms with Gasteiger partial charge in [0.05, 0.1) is 12.2 Å². The molecule has 110 valence electrons. The van der Waals surface area contributed by atoms with Crippen LogP contribution >= 0.6 is 0 Å². The van der Waals surface area contributed by atoms with Crippen LogP contribution in [0.2, 0.25) is 0 Å². The minimum Gasteiger partial charge on any atom is -0.378 e. The fraction of sp³-hybridized carbons (Fsp3) is 0.308. The third-order valence-corrected chi connectivity index (χ3v) is 3.65. The van der Waals surface area contributed by atoms with Crippen molar-refractivity contribution in [3.8, 4) is 0 Å². The molecule has 2 aliphatic rings. The van der Waals surface area contributed by atoms with Crippen LogP contribution in [0, 0.1) is 5.82 Å². The first-order chi connectivity index (χ1) is 9.88. The van der Waals surface area contributed by atoms with Gasteiger partial charge in [0.15, 0.2) is 6.10 Å². The van der Waals surface area contributed by atoms with E-state index >= 15 is 0 Å². The fourth-order valence-corrected chi connectivity index (χ4v) is 2.48. The van der Waals surface area contributed by atoms with Crippen LogP contribution in [-0.2, 0) is 14.4 Å². The minimum absolute atomic E-state index is 0.0267. The van der Waals surface area contributed by atoms with E-state index in [4.69, 9.17) is 0 Å². The second-order valence-corrected chi connectivity index (χ2v) is 5.00. The average Bonchev–Trinajstić information content (AvgIpc) is 2.69. The molecule has 2 aliphatic heterocycles. The van der Waals surface area contributed by atoms with Gasteiger partial charge in [-0.15, -0.1) is 0 Å². The van der Waals surface area contributed by atoms with Crippen LogP contribution in [-0.4, -0.2) is 35.4 Å². The number of aliphatic hydroxyl groups excluding tert-OH is 1. The SMILES string of the molecule is CC1C(=O)NC(=O)CN1c1cc2c(cc1F)C(O)C(=O)N2. The molecule has 2 heterocycles. The lowest BCUT2D eigenvalue weighted by Crippen LogP contribution is -2.57. The Morgan fingerprint density at radius 1 is 1.24 bits per heavy atom. The van der Waals surface area contributed by atoms with Crippen molar-refractivity contribution in [2.24, 2.45) is 0 Å². The Morgan fingerprint density at radius 3 is 2.67 bits per heavy atom. The van der Waals surface area contributed by atoms with E-state index in [0.717, 1.165) is 6.07 Å². The van der Waals surface area contributed by atoms with E-state index in [1.54, 1.807) is 6.92 Å². The van der Waals surface area contributed by atoms with Gasteiger partial charge in [-0.1, -0.05) is 0 Å². The Morgan fingerprint density at radius 2 is 1.95 bits per heavy atom. The molecule has 1 fully saturated rings. The lowest BCUT2D eigenvalue weighted by atomic mass is 10.1. The van der Waals surface area contributed by atoms with Crippen LogP contribution in [0.15, 0.2) is 12.1 Å². The fourth-order valence-electron chi connectivity index (χ4n) is 2.48. The van der Waals surface area contributed by atoms with E-state index < -0.39 is 35.7 Å². The van der Waals surface area contributed by atoms with Gasteiger partial charge in [-0.3, -0.25) is 19.7 Å². The van der Waals surface area contributed by atoms with Crippen LogP contribution < -0.4 is 15.5 Å². The Bertz CT molecular complexity index is 676. The first-order valence-electron chi connectivity index (χ1n) is 6.31. The van der Waals surface area contributed by atoms with Crippen molar-refractivity contribution in [1.82, 2.24) is 5.32 Å². The number of amides is 3. The number of fused-ring (bicyclic) bond motifs is 1. The van der Waals surface area contributed by atoms with Gasteiger partial charge in [0.2, 0.25) is 11.8 Å². The maximum absolute atomic E-state index is 14.2. The number of rotatable bonds is 1. The van der Waals surface area contributed by atoms with Crippen molar-refractivity contribution in [2.45, 2.75) is 19.1 Å². The second-order valence-electron chi connectivity index (χ2n) is 5.00. The number of halogens is 1. The van der Waals surface area contributed by atoms with Crippen molar-refractivity contribution < 1.29 is 23.9 Å². The number of anilines is 2. The number of hydrogen-bond donors (Lipinski definition) is 3. The second kappa shape index (κ2) is 4.52. The van der Waals surface area contributed by atoms with Gasteiger partial charge in [0.1, 0.15) is 11.9 Å². The zero-order valence-electron chi connectivity index (χ0n) is 11.0. The Balaban J connectivity index is 2.04. The Kier molecular flexibility index (Phi) is 2.91. The average molecular weight is 293 g/mol. The van der Waals surface area contributed by atoms with Gasteiger partial charge >= 0.3 is 0 Å². The number of benzene rings is 1. The molecule has 0 radical (unpaired) electrons. The summed E-state index contributed by atoms with van der Waals surface area (Å²) in [6, 6.07) is 1.63. The summed E-state index contributed by atoms with van der Waals surface area (Å²) in [6.45, 7) is 1.38. The highest BCUT2D eigenvalue weighted by molar-refractivity contribution is 6.05. The maximum Gasteiger partial charge on any atom is 0.257 e. The number of imide groups is 1. The lowest BCUT2D eigenvalue weighted by molar-refractivity contribution is -0.132. The quantitative estimate of drug-likeness (QED) is 0.615. The summed E-state index contributed by atoms with van der Waals surface area (Å²) < 4.78 is 14.2. The minimum atomic E-state index is -1.41. The highest BCUT2D eigenvalue weighted by Crippen LogP contribution is 2.36. The van der Waals surface area contributed by atoms with Crippen LogP contribution in [0.4, 0.5) is 15.8 Å². The molecule has 0 aliphatic carbocycles. The van der Waals surface area contributed by atoms with E-state index in [2.05, 4.69) is 10.6 Å². The zero-order chi connectivity index (χ0) is 15.3. The van der Waals surface area contributed by atoms with Crippen molar-refractivity contribution in [3.63, 3.8) is 0 Å².